The van der Waals surface area contributed by atoms with E-state index >= 15 is 0 Å². The molecule has 0 bridgehead atoms. The fourth-order valence-electron chi connectivity index (χ4n) is 3.23. The Morgan fingerprint density at radius 2 is 1.78 bits per heavy atom. The van der Waals surface area contributed by atoms with Gasteiger partial charge in [-0.2, -0.15) is 0 Å². The molecule has 3 aromatic rings. The molecule has 3 rings (SSSR count). The average molecular weight is 486 g/mol. The number of carbonyl (C=O) groups is 1. The first-order chi connectivity index (χ1) is 17.2. The summed E-state index contributed by atoms with van der Waals surface area (Å²) in [6.07, 6.45) is 15.2. The van der Waals surface area contributed by atoms with Gasteiger partial charge in [0.15, 0.2) is 0 Å². The van der Waals surface area contributed by atoms with Gasteiger partial charge in [-0.15, -0.1) is 0 Å². The maximum atomic E-state index is 12.5. The van der Waals surface area contributed by atoms with Gasteiger partial charge in [-0.3, -0.25) is 19.7 Å². The van der Waals surface area contributed by atoms with Crippen molar-refractivity contribution >= 4 is 17.3 Å². The monoisotopic (exact) mass is 485 g/mol. The molecule has 1 N–H and O–H groups in total. The molecule has 1 amide bonds. The maximum absolute atomic E-state index is 12.5. The van der Waals surface area contributed by atoms with Crippen LogP contribution >= 0.6 is 0 Å². The van der Waals surface area contributed by atoms with E-state index in [0.29, 0.717) is 5.82 Å². The van der Waals surface area contributed by atoms with E-state index in [4.69, 9.17) is 0 Å². The van der Waals surface area contributed by atoms with Crippen molar-refractivity contribution in [1.82, 2.24) is 19.9 Å². The van der Waals surface area contributed by atoms with Crippen molar-refractivity contribution in [3.63, 3.8) is 0 Å². The van der Waals surface area contributed by atoms with Crippen LogP contribution in [0.4, 0.5) is 5.82 Å². The fraction of sp³-hybridized carbons (Fsp3) is 0.367. The van der Waals surface area contributed by atoms with Crippen LogP contribution in [0.25, 0.3) is 16.8 Å². The Kier molecular flexibility index (Phi) is 11.6. The minimum absolute atomic E-state index is 0.137. The molecule has 6 heteroatoms. The van der Waals surface area contributed by atoms with Crippen molar-refractivity contribution in [3.05, 3.63) is 83.7 Å². The number of aryl methyl sites for hydroxylation is 1. The van der Waals surface area contributed by atoms with Gasteiger partial charge in [0.1, 0.15) is 5.82 Å². The zero-order chi connectivity index (χ0) is 26.5. The third-order valence-electron chi connectivity index (χ3n) is 5.35. The van der Waals surface area contributed by atoms with Gasteiger partial charge in [0.2, 0.25) is 5.91 Å². The van der Waals surface area contributed by atoms with Crippen LogP contribution in [0, 0.1) is 12.8 Å². The first-order valence-electron chi connectivity index (χ1n) is 12.6. The number of rotatable bonds is 8. The largest absolute Gasteiger partial charge is 0.310 e. The second kappa shape index (κ2) is 14.7. The van der Waals surface area contributed by atoms with E-state index in [9.17, 15) is 4.79 Å². The Labute approximate surface area is 216 Å². The van der Waals surface area contributed by atoms with E-state index < -0.39 is 0 Å². The number of allylic oxidation sites excluding steroid dienone is 4. The molecule has 0 radical (unpaired) electrons. The Morgan fingerprint density at radius 1 is 1.03 bits per heavy atom. The third kappa shape index (κ3) is 9.53. The van der Waals surface area contributed by atoms with Crippen LogP contribution in [-0.2, 0) is 11.2 Å². The lowest BCUT2D eigenvalue weighted by atomic mass is 10.0. The molecule has 3 heterocycles. The van der Waals surface area contributed by atoms with Crippen molar-refractivity contribution in [3.8, 4) is 11.3 Å². The number of hydrogen-bond acceptors (Lipinski definition) is 5. The predicted molar refractivity (Wildman–Crippen MR) is 149 cm³/mol. The second-order valence-corrected chi connectivity index (χ2v) is 9.35. The minimum Gasteiger partial charge on any atom is -0.310 e. The molecule has 0 unspecified atom stereocenters. The molecule has 0 spiro atoms. The highest BCUT2D eigenvalue weighted by Crippen LogP contribution is 2.21. The summed E-state index contributed by atoms with van der Waals surface area (Å²) in [5.41, 5.74) is 6.78. The lowest BCUT2D eigenvalue weighted by Crippen LogP contribution is -2.15. The summed E-state index contributed by atoms with van der Waals surface area (Å²) in [5, 5.41) is 2.84. The van der Waals surface area contributed by atoms with E-state index in [-0.39, 0.29) is 12.3 Å². The number of nitrogens with zero attached hydrogens (tertiary/aromatic N) is 4. The van der Waals surface area contributed by atoms with Crippen LogP contribution in [0.1, 0.15) is 71.2 Å². The summed E-state index contributed by atoms with van der Waals surface area (Å²) < 4.78 is 0. The SMILES string of the molecule is CC/C=C(\C=C(C)C)c1ncc(CC(=O)Nc2ccc(-c3cnccn3)cn2)cc1C.CCC(C)C. The molecule has 0 atom stereocenters. The fourth-order valence-corrected chi connectivity index (χ4v) is 3.23. The highest BCUT2D eigenvalue weighted by molar-refractivity contribution is 5.91. The van der Waals surface area contributed by atoms with Gasteiger partial charge in [-0.25, -0.2) is 4.98 Å². The van der Waals surface area contributed by atoms with E-state index in [1.54, 1.807) is 37.1 Å². The predicted octanol–water partition coefficient (Wildman–Crippen LogP) is 7.24. The molecule has 3 aromatic heterocycles. The first kappa shape index (κ1) is 28.6. The Balaban J connectivity index is 0.000000830. The molecule has 6 nitrogen and oxygen atoms in total. The van der Waals surface area contributed by atoms with Crippen molar-refractivity contribution in [1.29, 1.82) is 0 Å². The van der Waals surface area contributed by atoms with Crippen LogP contribution in [0.2, 0.25) is 0 Å². The standard InChI is InChI=1S/C25H27N5O.C5H12/c1-5-6-20(11-17(2)3)25-18(4)12-19(14-29-25)13-24(31)30-23-8-7-21(15-28-23)22-16-26-9-10-27-22;1-4-5(2)3/h6-12,14-16H,5,13H2,1-4H3,(H,28,30,31);5H,4H2,1-3H3/b20-6+;. The Bertz CT molecular complexity index is 1160. The van der Waals surface area contributed by atoms with Gasteiger partial charge in [-0.1, -0.05) is 57.9 Å². The van der Waals surface area contributed by atoms with E-state index in [1.165, 1.54) is 12.0 Å². The number of carbonyl (C=O) groups excluding carboxylic acids is 1. The lowest BCUT2D eigenvalue weighted by Gasteiger charge is -2.10. The maximum Gasteiger partial charge on any atom is 0.230 e. The number of hydrogen-bond donors (Lipinski definition) is 1. The summed E-state index contributed by atoms with van der Waals surface area (Å²) in [6.45, 7) is 14.9. The quantitative estimate of drug-likeness (QED) is 0.340. The molecule has 0 aliphatic rings. The average Bonchev–Trinajstić information content (AvgIpc) is 2.85. The van der Waals surface area contributed by atoms with Crippen LogP contribution in [-0.4, -0.2) is 25.8 Å². The summed E-state index contributed by atoms with van der Waals surface area (Å²) in [4.78, 5) is 29.7. The van der Waals surface area contributed by atoms with Gasteiger partial charge < -0.3 is 5.32 Å². The number of nitrogens with one attached hydrogen (secondary N) is 1. The molecule has 0 aromatic carbocycles. The molecule has 0 aliphatic heterocycles. The summed E-state index contributed by atoms with van der Waals surface area (Å²) in [7, 11) is 0. The lowest BCUT2D eigenvalue weighted by molar-refractivity contribution is -0.115. The second-order valence-electron chi connectivity index (χ2n) is 9.35. The Hall–Kier alpha value is -3.67. The van der Waals surface area contributed by atoms with Crippen molar-refractivity contribution in [2.75, 3.05) is 5.32 Å². The summed E-state index contributed by atoms with van der Waals surface area (Å²) in [5.74, 6) is 1.24. The zero-order valence-electron chi connectivity index (χ0n) is 22.7. The smallest absolute Gasteiger partial charge is 0.230 e. The first-order valence-corrected chi connectivity index (χ1v) is 12.6. The Morgan fingerprint density at radius 3 is 2.31 bits per heavy atom. The van der Waals surface area contributed by atoms with Crippen molar-refractivity contribution < 1.29 is 4.79 Å². The van der Waals surface area contributed by atoms with E-state index in [1.807, 2.05) is 19.1 Å². The summed E-state index contributed by atoms with van der Waals surface area (Å²) in [6, 6.07) is 5.64. The molecule has 36 heavy (non-hydrogen) atoms. The number of amides is 1. The van der Waals surface area contributed by atoms with Gasteiger partial charge in [0.25, 0.3) is 0 Å². The molecule has 0 saturated carbocycles. The topological polar surface area (TPSA) is 80.7 Å². The molecule has 0 aliphatic carbocycles. The highest BCUT2D eigenvalue weighted by atomic mass is 16.1. The van der Waals surface area contributed by atoms with E-state index in [0.717, 1.165) is 46.0 Å². The number of pyridine rings is 2. The van der Waals surface area contributed by atoms with Crippen LogP contribution < -0.4 is 5.32 Å². The number of aromatic nitrogens is 4. The zero-order valence-corrected chi connectivity index (χ0v) is 22.7. The van der Waals surface area contributed by atoms with Gasteiger partial charge in [0.05, 0.1) is 24.0 Å². The van der Waals surface area contributed by atoms with Gasteiger partial charge in [0, 0.05) is 30.4 Å². The number of anilines is 1. The van der Waals surface area contributed by atoms with Crippen LogP contribution in [0.15, 0.2) is 66.9 Å². The minimum atomic E-state index is -0.137. The molecule has 190 valence electrons. The van der Waals surface area contributed by atoms with Crippen molar-refractivity contribution in [2.45, 2.75) is 67.7 Å². The molecule has 0 fully saturated rings. The molecular formula is C30H39N5O. The molecule has 0 saturated heterocycles. The van der Waals surface area contributed by atoms with Gasteiger partial charge in [-0.05, 0) is 61.9 Å². The van der Waals surface area contributed by atoms with Gasteiger partial charge >= 0.3 is 0 Å². The normalized spacial score (nSPS) is 10.9. The van der Waals surface area contributed by atoms with Crippen LogP contribution in [0.5, 0.6) is 0 Å². The third-order valence-corrected chi connectivity index (χ3v) is 5.35. The summed E-state index contributed by atoms with van der Waals surface area (Å²) >= 11 is 0. The highest BCUT2D eigenvalue weighted by Gasteiger charge is 2.10. The molecular weight excluding hydrogens is 446 g/mol. The van der Waals surface area contributed by atoms with E-state index in [2.05, 4.69) is 78.9 Å². The van der Waals surface area contributed by atoms with Crippen molar-refractivity contribution in [2.24, 2.45) is 5.92 Å². The van der Waals surface area contributed by atoms with Crippen LogP contribution in [0.3, 0.4) is 0 Å².